The Morgan fingerprint density at radius 2 is 0.667 bits per heavy atom. The third-order valence-corrected chi connectivity index (χ3v) is 12.8. The largest absolute Gasteiger partial charge is 0.489 e. The standard InChI is InChI=1S/C52H62O26/c53-19-34-39(58)42(61)45(64)48(76-34)73-31-11-3-26(4-12-31)22-69-30-9-1-29(2-10-30)25-72-51(67)52(68,17-37(56)70-23-27-5-13-32(14-6-27)74-49-46(65)43(62)40(59)35(20-54)77-49)18-38(57)71-24-28-7-15-33(16-8-28)75-50-47(66)44(63)41(60)36(21-55)78-50/h1-16,34-36,39-50,53-55,58-66,68H,17-25H2/t34-,35-,36-,39-,40-,41-,42+,43+,44+,45-,46-,47-,48-,49-,50-/m1/s1. The van der Waals surface area contributed by atoms with Crippen LogP contribution in [0.3, 0.4) is 0 Å². The summed E-state index contributed by atoms with van der Waals surface area (Å²) in [5.41, 5.74) is -0.954. The first-order chi connectivity index (χ1) is 37.3. The second kappa shape index (κ2) is 27.1. The fraction of sp³-hybridized carbons (Fsp3) is 0.481. The number of hydrogen-bond donors (Lipinski definition) is 13. The third kappa shape index (κ3) is 15.1. The van der Waals surface area contributed by atoms with Crippen molar-refractivity contribution in [3.05, 3.63) is 119 Å². The van der Waals surface area contributed by atoms with Crippen LogP contribution in [-0.4, -0.2) is 202 Å². The summed E-state index contributed by atoms with van der Waals surface area (Å²) >= 11 is 0. The van der Waals surface area contributed by atoms with E-state index in [1.807, 2.05) is 0 Å². The molecule has 4 aromatic rings. The summed E-state index contributed by atoms with van der Waals surface area (Å²) in [5.74, 6) is -2.73. The maximum absolute atomic E-state index is 13.7. The van der Waals surface area contributed by atoms with Gasteiger partial charge in [0.1, 0.15) is 123 Å². The van der Waals surface area contributed by atoms with Crippen LogP contribution < -0.4 is 18.9 Å². The highest BCUT2D eigenvalue weighted by molar-refractivity contribution is 5.90. The number of carbonyl (C=O) groups is 3. The number of rotatable bonds is 23. The topological polar surface area (TPSA) is 407 Å². The number of ether oxygens (including phenoxy) is 10. The number of aliphatic hydroxyl groups is 13. The van der Waals surface area contributed by atoms with Crippen LogP contribution in [0.4, 0.5) is 0 Å². The zero-order chi connectivity index (χ0) is 56.3. The Bertz CT molecular complexity index is 2430. The summed E-state index contributed by atoms with van der Waals surface area (Å²) in [5, 5.41) is 131. The monoisotopic (exact) mass is 1100 g/mol. The zero-order valence-corrected chi connectivity index (χ0v) is 41.4. The molecule has 13 N–H and O–H groups in total. The highest BCUT2D eigenvalue weighted by Gasteiger charge is 2.48. The average Bonchev–Trinajstić information content (AvgIpc) is 3.44. The Labute approximate surface area is 444 Å². The van der Waals surface area contributed by atoms with E-state index < -0.39 is 168 Å². The molecule has 3 aliphatic rings. The van der Waals surface area contributed by atoms with Gasteiger partial charge in [0.15, 0.2) is 5.60 Å². The van der Waals surface area contributed by atoms with Gasteiger partial charge in [-0.15, -0.1) is 0 Å². The first-order valence-electron chi connectivity index (χ1n) is 24.4. The van der Waals surface area contributed by atoms with Gasteiger partial charge in [-0.1, -0.05) is 48.5 Å². The molecular weight excluding hydrogens is 1040 g/mol. The smallest absolute Gasteiger partial charge is 0.339 e. The van der Waals surface area contributed by atoms with Crippen molar-refractivity contribution >= 4 is 17.9 Å². The van der Waals surface area contributed by atoms with Gasteiger partial charge < -0.3 is 114 Å². The molecule has 26 nitrogen and oxygen atoms in total. The maximum atomic E-state index is 13.7. The third-order valence-electron chi connectivity index (χ3n) is 12.8. The molecule has 0 radical (unpaired) electrons. The summed E-state index contributed by atoms with van der Waals surface area (Å²) < 4.78 is 54.8. The minimum atomic E-state index is -2.82. The lowest BCUT2D eigenvalue weighted by Gasteiger charge is -2.39. The molecular formula is C52H62O26. The van der Waals surface area contributed by atoms with E-state index in [-0.39, 0.29) is 23.9 Å². The normalized spacial score (nSPS) is 29.2. The van der Waals surface area contributed by atoms with Crippen molar-refractivity contribution in [2.75, 3.05) is 19.8 Å². The predicted octanol–water partition coefficient (Wildman–Crippen LogP) is -3.16. The Balaban J connectivity index is 0.935. The molecule has 78 heavy (non-hydrogen) atoms. The molecule has 7 rings (SSSR count). The van der Waals surface area contributed by atoms with Gasteiger partial charge in [-0.2, -0.15) is 0 Å². The van der Waals surface area contributed by atoms with Crippen LogP contribution in [0.2, 0.25) is 0 Å². The molecule has 0 aromatic heterocycles. The van der Waals surface area contributed by atoms with Crippen molar-refractivity contribution in [1.29, 1.82) is 0 Å². The summed E-state index contributed by atoms with van der Waals surface area (Å²) in [6.45, 7) is -3.09. The highest BCUT2D eigenvalue weighted by atomic mass is 16.7. The van der Waals surface area contributed by atoms with E-state index in [2.05, 4.69) is 0 Å². The van der Waals surface area contributed by atoms with Crippen molar-refractivity contribution in [3.8, 4) is 23.0 Å². The first-order valence-corrected chi connectivity index (χ1v) is 24.4. The number of carbonyl (C=O) groups excluding carboxylic acids is 3. The second-order valence-electron chi connectivity index (χ2n) is 18.6. The van der Waals surface area contributed by atoms with Crippen molar-refractivity contribution in [2.45, 2.75) is 137 Å². The van der Waals surface area contributed by atoms with Crippen molar-refractivity contribution in [2.24, 2.45) is 0 Å². The van der Waals surface area contributed by atoms with Gasteiger partial charge in [-0.25, -0.2) is 4.79 Å². The van der Waals surface area contributed by atoms with E-state index in [9.17, 15) is 80.8 Å². The van der Waals surface area contributed by atoms with Gasteiger partial charge in [-0.3, -0.25) is 9.59 Å². The van der Waals surface area contributed by atoms with E-state index in [1.165, 1.54) is 48.5 Å². The van der Waals surface area contributed by atoms with Gasteiger partial charge in [0.2, 0.25) is 18.9 Å². The molecule has 3 fully saturated rings. The fourth-order valence-electron chi connectivity index (χ4n) is 8.14. The lowest BCUT2D eigenvalue weighted by molar-refractivity contribution is -0.277. The Morgan fingerprint density at radius 1 is 0.385 bits per heavy atom. The minimum absolute atomic E-state index is 0.0877. The molecule has 0 saturated carbocycles. The van der Waals surface area contributed by atoms with Crippen LogP contribution in [0.15, 0.2) is 97.1 Å². The van der Waals surface area contributed by atoms with Gasteiger partial charge in [0.25, 0.3) is 0 Å². The fourth-order valence-corrected chi connectivity index (χ4v) is 8.14. The Kier molecular flexibility index (Phi) is 20.7. The van der Waals surface area contributed by atoms with Gasteiger partial charge in [0, 0.05) is 0 Å². The quantitative estimate of drug-likeness (QED) is 0.0258. The summed E-state index contributed by atoms with van der Waals surface area (Å²) in [6, 6.07) is 24.2. The molecule has 4 aromatic carbocycles. The molecule has 0 bridgehead atoms. The van der Waals surface area contributed by atoms with E-state index >= 15 is 0 Å². The molecule has 0 spiro atoms. The van der Waals surface area contributed by atoms with Gasteiger partial charge >= 0.3 is 17.9 Å². The molecule has 15 atom stereocenters. The average molecular weight is 1100 g/mol. The minimum Gasteiger partial charge on any atom is -0.489 e. The number of hydrogen-bond acceptors (Lipinski definition) is 26. The number of benzene rings is 4. The van der Waals surface area contributed by atoms with Gasteiger partial charge in [-0.05, 0) is 70.8 Å². The van der Waals surface area contributed by atoms with Crippen LogP contribution in [0, 0.1) is 0 Å². The Morgan fingerprint density at radius 3 is 0.974 bits per heavy atom. The van der Waals surface area contributed by atoms with Crippen LogP contribution >= 0.6 is 0 Å². The molecule has 3 heterocycles. The van der Waals surface area contributed by atoms with Crippen molar-refractivity contribution in [3.63, 3.8) is 0 Å². The van der Waals surface area contributed by atoms with E-state index in [0.29, 0.717) is 28.0 Å². The van der Waals surface area contributed by atoms with Crippen molar-refractivity contribution < 1.29 is 128 Å². The zero-order valence-electron chi connectivity index (χ0n) is 41.4. The highest BCUT2D eigenvalue weighted by Crippen LogP contribution is 2.29. The maximum Gasteiger partial charge on any atom is 0.339 e. The molecule has 3 aliphatic heterocycles. The summed E-state index contributed by atoms with van der Waals surface area (Å²) in [7, 11) is 0. The SMILES string of the molecule is O=C(CC(O)(CC(=O)OCc1ccc(O[C@@H]2O[C@H](CO)[C@@H](O)[C@H](O)[C@H]2O)cc1)C(=O)OCc1ccc(OCc2ccc(O[C@@H]3O[C@H](CO)[C@@H](O)[C@H](O)[C@H]3O)cc2)cc1)OCc1ccc(O[C@@H]2O[C@H](CO)[C@@H](O)[C@H](O)[C@H]2O)cc1. The lowest BCUT2D eigenvalue weighted by atomic mass is 9.95. The number of aliphatic hydroxyl groups excluding tert-OH is 12. The van der Waals surface area contributed by atoms with E-state index in [0.717, 1.165) is 0 Å². The molecule has 0 amide bonds. The van der Waals surface area contributed by atoms with Crippen LogP contribution in [0.25, 0.3) is 0 Å². The molecule has 426 valence electrons. The number of esters is 3. The first kappa shape index (κ1) is 59.5. The van der Waals surface area contributed by atoms with Crippen LogP contribution in [0.5, 0.6) is 23.0 Å². The van der Waals surface area contributed by atoms with Crippen molar-refractivity contribution in [1.82, 2.24) is 0 Å². The molecule has 26 heteroatoms. The van der Waals surface area contributed by atoms with E-state index in [1.54, 1.807) is 48.5 Å². The summed E-state index contributed by atoms with van der Waals surface area (Å²) in [4.78, 5) is 40.2. The van der Waals surface area contributed by atoms with Crippen LogP contribution in [0.1, 0.15) is 35.1 Å². The summed E-state index contributed by atoms with van der Waals surface area (Å²) in [6.07, 6.45) is -24.6. The molecule has 3 saturated heterocycles. The van der Waals surface area contributed by atoms with E-state index in [4.69, 9.17) is 47.4 Å². The van der Waals surface area contributed by atoms with Gasteiger partial charge in [0.05, 0.1) is 32.7 Å². The van der Waals surface area contributed by atoms with Crippen LogP contribution in [-0.2, 0) is 69.2 Å². The second-order valence-corrected chi connectivity index (χ2v) is 18.6. The predicted molar refractivity (Wildman–Crippen MR) is 257 cm³/mol. The molecule has 0 unspecified atom stereocenters. The Hall–Kier alpha value is -6.15. The lowest BCUT2D eigenvalue weighted by Crippen LogP contribution is -2.60. The molecule has 0 aliphatic carbocycles.